The molecule has 1 heterocycles. The topological polar surface area (TPSA) is 76.4 Å². The van der Waals surface area contributed by atoms with E-state index in [0.29, 0.717) is 22.7 Å². The van der Waals surface area contributed by atoms with Gasteiger partial charge in [0.2, 0.25) is 0 Å². The molecule has 5 N–H and O–H groups in total. The summed E-state index contributed by atoms with van der Waals surface area (Å²) in [6, 6.07) is 0. The van der Waals surface area contributed by atoms with Crippen LogP contribution in [-0.2, 0) is 0 Å². The van der Waals surface area contributed by atoms with Crippen LogP contribution < -0.4 is 16.8 Å². The number of nitrogens with two attached hydrogens (primary N) is 2. The van der Waals surface area contributed by atoms with Gasteiger partial charge in [-0.2, -0.15) is 0 Å². The molecule has 0 radical (unpaired) electrons. The van der Waals surface area contributed by atoms with E-state index in [1.54, 1.807) is 0 Å². The summed E-state index contributed by atoms with van der Waals surface area (Å²) in [6.07, 6.45) is 0. The van der Waals surface area contributed by atoms with Gasteiger partial charge in [-0.1, -0.05) is 0 Å². The summed E-state index contributed by atoms with van der Waals surface area (Å²) in [7, 11) is 0. The monoisotopic (exact) mass is 238 g/mol. The highest BCUT2D eigenvalue weighted by Crippen LogP contribution is 2.16. The van der Waals surface area contributed by atoms with E-state index in [0.717, 1.165) is 0 Å². The third kappa shape index (κ3) is 1.85. The van der Waals surface area contributed by atoms with E-state index in [9.17, 15) is 0 Å². The van der Waals surface area contributed by atoms with E-state index in [2.05, 4.69) is 26.2 Å². The van der Waals surface area contributed by atoms with Crippen LogP contribution in [0.15, 0.2) is 15.2 Å². The van der Waals surface area contributed by atoms with Gasteiger partial charge in [0.25, 0.3) is 0 Å². The standard InChI is InChI=1S/C5H8BrClN4/c6-3(8)2-4(7)10-1-11-5(2)9/h4,10H,1,8H2,(H2,9,11). The molecule has 0 aromatic rings. The van der Waals surface area contributed by atoms with Crippen molar-refractivity contribution < 1.29 is 0 Å². The molecule has 1 aliphatic rings. The van der Waals surface area contributed by atoms with Gasteiger partial charge in [-0.25, -0.2) is 0 Å². The number of hydrogen-bond acceptors (Lipinski definition) is 4. The highest BCUT2D eigenvalue weighted by molar-refractivity contribution is 9.11. The molecule has 1 aliphatic heterocycles. The molecule has 0 spiro atoms. The molecule has 1 unspecified atom stereocenters. The highest BCUT2D eigenvalue weighted by atomic mass is 79.9. The van der Waals surface area contributed by atoms with Crippen LogP contribution in [0, 0.1) is 0 Å². The zero-order valence-electron chi connectivity index (χ0n) is 5.64. The van der Waals surface area contributed by atoms with Crippen LogP contribution in [0.2, 0.25) is 0 Å². The van der Waals surface area contributed by atoms with E-state index in [1.807, 2.05) is 0 Å². The van der Waals surface area contributed by atoms with Crippen LogP contribution in [0.1, 0.15) is 0 Å². The summed E-state index contributed by atoms with van der Waals surface area (Å²) < 4.78 is 0.422. The number of rotatable bonds is 0. The lowest BCUT2D eigenvalue weighted by Gasteiger charge is -2.19. The Labute approximate surface area is 77.8 Å². The van der Waals surface area contributed by atoms with Crippen molar-refractivity contribution in [2.75, 3.05) is 6.67 Å². The largest absolute Gasteiger partial charge is 0.393 e. The van der Waals surface area contributed by atoms with E-state index >= 15 is 0 Å². The summed E-state index contributed by atoms with van der Waals surface area (Å²) in [5, 5.41) is 2.87. The van der Waals surface area contributed by atoms with Crippen LogP contribution in [0.4, 0.5) is 0 Å². The number of aliphatic imine (C=N–C) groups is 1. The van der Waals surface area contributed by atoms with Gasteiger partial charge in [0, 0.05) is 0 Å². The summed E-state index contributed by atoms with van der Waals surface area (Å²) in [4.78, 5) is 3.91. The minimum Gasteiger partial charge on any atom is -0.393 e. The van der Waals surface area contributed by atoms with Gasteiger partial charge in [-0.3, -0.25) is 10.3 Å². The first-order valence-corrected chi connectivity index (χ1v) is 4.18. The summed E-state index contributed by atoms with van der Waals surface area (Å²) in [5.41, 5.74) is 11.2. The Hall–Kier alpha value is -0.260. The SMILES string of the molecule is NC1=NCNC(Cl)C1=C(N)Br. The zero-order valence-corrected chi connectivity index (χ0v) is 7.98. The maximum Gasteiger partial charge on any atom is 0.128 e. The molecule has 4 nitrogen and oxygen atoms in total. The Bertz CT molecular complexity index is 214. The van der Waals surface area contributed by atoms with Crippen molar-refractivity contribution in [2.24, 2.45) is 16.5 Å². The fraction of sp³-hybridized carbons (Fsp3) is 0.400. The molecule has 11 heavy (non-hydrogen) atoms. The number of halogens is 2. The number of hydrogen-bond donors (Lipinski definition) is 3. The summed E-state index contributed by atoms with van der Waals surface area (Å²) in [5.74, 6) is 0.387. The van der Waals surface area contributed by atoms with Crippen molar-refractivity contribution in [2.45, 2.75) is 5.50 Å². The van der Waals surface area contributed by atoms with E-state index in [4.69, 9.17) is 23.1 Å². The van der Waals surface area contributed by atoms with Gasteiger partial charge in [-0.05, 0) is 15.9 Å². The average molecular weight is 240 g/mol. The number of nitrogens with one attached hydrogen (secondary N) is 1. The molecule has 0 aromatic heterocycles. The van der Waals surface area contributed by atoms with E-state index < -0.39 is 0 Å². The predicted molar refractivity (Wildman–Crippen MR) is 49.4 cm³/mol. The summed E-state index contributed by atoms with van der Waals surface area (Å²) >= 11 is 8.92. The quantitative estimate of drug-likeness (QED) is 0.412. The van der Waals surface area contributed by atoms with Gasteiger partial charge >= 0.3 is 0 Å². The van der Waals surface area contributed by atoms with Crippen LogP contribution in [0.3, 0.4) is 0 Å². The lowest BCUT2D eigenvalue weighted by Crippen LogP contribution is -2.39. The first kappa shape index (κ1) is 8.83. The van der Waals surface area contributed by atoms with Gasteiger partial charge in [0.15, 0.2) is 0 Å². The fourth-order valence-electron chi connectivity index (χ4n) is 0.771. The van der Waals surface area contributed by atoms with Crippen molar-refractivity contribution in [1.29, 1.82) is 0 Å². The minimum atomic E-state index is -0.355. The van der Waals surface area contributed by atoms with Gasteiger partial charge in [0.1, 0.15) is 11.3 Å². The van der Waals surface area contributed by atoms with Gasteiger partial charge in [-0.15, -0.1) is 11.6 Å². The van der Waals surface area contributed by atoms with Crippen molar-refractivity contribution >= 4 is 33.4 Å². The van der Waals surface area contributed by atoms with Crippen LogP contribution >= 0.6 is 27.5 Å². The Balaban J connectivity index is 2.99. The molecule has 0 fully saturated rings. The molecule has 1 rings (SSSR count). The predicted octanol–water partition coefficient (Wildman–Crippen LogP) is 0.0344. The normalized spacial score (nSPS) is 29.6. The van der Waals surface area contributed by atoms with Crippen LogP contribution in [0.25, 0.3) is 0 Å². The van der Waals surface area contributed by atoms with Crippen molar-refractivity contribution in [1.82, 2.24) is 5.32 Å². The van der Waals surface area contributed by atoms with E-state index in [-0.39, 0.29) is 5.50 Å². The first-order valence-electron chi connectivity index (χ1n) is 2.96. The van der Waals surface area contributed by atoms with E-state index in [1.165, 1.54) is 0 Å². The Kier molecular flexibility index (Phi) is 2.75. The van der Waals surface area contributed by atoms with Crippen molar-refractivity contribution in [3.63, 3.8) is 0 Å². The third-order valence-corrected chi connectivity index (χ3v) is 2.11. The minimum absolute atomic E-state index is 0.355. The molecule has 0 amide bonds. The maximum atomic E-state index is 5.83. The second-order valence-electron chi connectivity index (χ2n) is 2.03. The molecule has 0 aromatic carbocycles. The number of amidine groups is 1. The second kappa shape index (κ2) is 3.42. The third-order valence-electron chi connectivity index (χ3n) is 1.31. The smallest absolute Gasteiger partial charge is 0.128 e. The molecule has 6 heteroatoms. The van der Waals surface area contributed by atoms with Crippen molar-refractivity contribution in [3.8, 4) is 0 Å². The van der Waals surface area contributed by atoms with Gasteiger partial charge in [0.05, 0.1) is 16.8 Å². The molecule has 0 saturated carbocycles. The van der Waals surface area contributed by atoms with Crippen LogP contribution in [-0.4, -0.2) is 18.0 Å². The molecule has 1 atom stereocenters. The Morgan fingerprint density at radius 3 is 2.82 bits per heavy atom. The Morgan fingerprint density at radius 2 is 2.45 bits per heavy atom. The highest BCUT2D eigenvalue weighted by Gasteiger charge is 2.20. The second-order valence-corrected chi connectivity index (χ2v) is 3.32. The molecule has 0 bridgehead atoms. The first-order chi connectivity index (χ1) is 5.13. The summed E-state index contributed by atoms with van der Waals surface area (Å²) in [6.45, 7) is 0.434. The average Bonchev–Trinajstić information content (AvgIpc) is 1.85. The molecule has 0 aliphatic carbocycles. The zero-order chi connectivity index (χ0) is 8.43. The van der Waals surface area contributed by atoms with Crippen LogP contribution in [0.5, 0.6) is 0 Å². The number of nitrogens with zero attached hydrogens (tertiary/aromatic N) is 1. The molecular weight excluding hydrogens is 231 g/mol. The lowest BCUT2D eigenvalue weighted by atomic mass is 10.2. The van der Waals surface area contributed by atoms with Gasteiger partial charge < -0.3 is 11.5 Å². The van der Waals surface area contributed by atoms with Crippen molar-refractivity contribution in [3.05, 3.63) is 10.2 Å². The molecular formula is C5H8BrClN4. The molecule has 0 saturated heterocycles. The number of alkyl halides is 1. The maximum absolute atomic E-state index is 5.83. The Morgan fingerprint density at radius 1 is 1.82 bits per heavy atom. The lowest BCUT2D eigenvalue weighted by molar-refractivity contribution is 0.700. The fourth-order valence-corrected chi connectivity index (χ4v) is 1.63. The molecule has 62 valence electrons.